The quantitative estimate of drug-likeness (QED) is 0.635. The first-order chi connectivity index (χ1) is 5.87. The third-order valence-electron chi connectivity index (χ3n) is 1.83. The highest BCUT2D eigenvalue weighted by atomic mass is 19.3. The molecule has 1 unspecified atom stereocenters. The molecule has 0 aromatic heterocycles. The van der Waals surface area contributed by atoms with E-state index in [1.54, 1.807) is 0 Å². The van der Waals surface area contributed by atoms with Gasteiger partial charge in [0.2, 0.25) is 0 Å². The molecule has 0 bridgehead atoms. The van der Waals surface area contributed by atoms with Crippen LogP contribution in [-0.4, -0.2) is 24.8 Å². The predicted octanol–water partition coefficient (Wildman–Crippen LogP) is 1.41. The van der Waals surface area contributed by atoms with Gasteiger partial charge in [-0.3, -0.25) is 4.79 Å². The molecule has 0 aliphatic rings. The Labute approximate surface area is 75.1 Å². The average molecular weight is 194 g/mol. The number of hydrogen-bond acceptors (Lipinski definition) is 3. The van der Waals surface area contributed by atoms with Gasteiger partial charge in [-0.25, -0.2) is 4.79 Å². The summed E-state index contributed by atoms with van der Waals surface area (Å²) >= 11 is 0. The average Bonchev–Trinajstić information content (AvgIpc) is 2.13. The lowest BCUT2D eigenvalue weighted by molar-refractivity contribution is -0.178. The second-order valence-corrected chi connectivity index (χ2v) is 2.66. The van der Waals surface area contributed by atoms with E-state index < -0.39 is 23.6 Å². The van der Waals surface area contributed by atoms with E-state index in [1.165, 1.54) is 6.92 Å². The number of ether oxygens (including phenoxy) is 1. The molecule has 13 heavy (non-hydrogen) atoms. The summed E-state index contributed by atoms with van der Waals surface area (Å²) in [4.78, 5) is 21.5. The van der Waals surface area contributed by atoms with Gasteiger partial charge >= 0.3 is 11.9 Å². The molecule has 0 saturated carbocycles. The van der Waals surface area contributed by atoms with Crippen molar-refractivity contribution in [2.24, 2.45) is 5.92 Å². The zero-order valence-corrected chi connectivity index (χ0v) is 7.77. The number of carbonyl (C=O) groups is 2. The second kappa shape index (κ2) is 4.30. The van der Waals surface area contributed by atoms with E-state index in [9.17, 15) is 18.4 Å². The Kier molecular flexibility index (Phi) is 3.97. The van der Waals surface area contributed by atoms with E-state index in [2.05, 4.69) is 4.74 Å². The van der Waals surface area contributed by atoms with Gasteiger partial charge in [-0.15, -0.1) is 0 Å². The van der Waals surface area contributed by atoms with E-state index in [0.717, 1.165) is 14.0 Å². The molecular weight excluding hydrogens is 182 g/mol. The van der Waals surface area contributed by atoms with Gasteiger partial charge in [-0.05, 0) is 6.92 Å². The van der Waals surface area contributed by atoms with Gasteiger partial charge in [-0.1, -0.05) is 6.92 Å². The number of hydrogen-bond donors (Lipinski definition) is 0. The van der Waals surface area contributed by atoms with Crippen molar-refractivity contribution in [3.63, 3.8) is 0 Å². The summed E-state index contributed by atoms with van der Waals surface area (Å²) in [5.74, 6) is -7.66. The third kappa shape index (κ3) is 2.47. The molecule has 0 fully saturated rings. The van der Waals surface area contributed by atoms with Crippen LogP contribution in [0.3, 0.4) is 0 Å². The second-order valence-electron chi connectivity index (χ2n) is 2.66. The fraction of sp³-hybridized carbons (Fsp3) is 0.750. The summed E-state index contributed by atoms with van der Waals surface area (Å²) in [5.41, 5.74) is 0. The van der Waals surface area contributed by atoms with Gasteiger partial charge in [0.15, 0.2) is 0 Å². The SMILES string of the molecule is CCC(=O)C(C)C(F)(F)C(=O)OC. The fourth-order valence-electron chi connectivity index (χ4n) is 0.821. The summed E-state index contributed by atoms with van der Waals surface area (Å²) in [5, 5.41) is 0. The molecule has 76 valence electrons. The monoisotopic (exact) mass is 194 g/mol. The van der Waals surface area contributed by atoms with Gasteiger partial charge in [0.05, 0.1) is 13.0 Å². The number of esters is 1. The maximum atomic E-state index is 13.0. The van der Waals surface area contributed by atoms with Gasteiger partial charge in [0.1, 0.15) is 5.78 Å². The van der Waals surface area contributed by atoms with Crippen LogP contribution in [0.15, 0.2) is 0 Å². The van der Waals surface area contributed by atoms with Crippen molar-refractivity contribution in [2.75, 3.05) is 7.11 Å². The molecule has 0 radical (unpaired) electrons. The summed E-state index contributed by atoms with van der Waals surface area (Å²) in [6.07, 6.45) is -0.0201. The molecule has 1 atom stereocenters. The van der Waals surface area contributed by atoms with E-state index in [4.69, 9.17) is 0 Å². The van der Waals surface area contributed by atoms with E-state index in [0.29, 0.717) is 0 Å². The first-order valence-electron chi connectivity index (χ1n) is 3.86. The first kappa shape index (κ1) is 12.0. The van der Waals surface area contributed by atoms with E-state index >= 15 is 0 Å². The van der Waals surface area contributed by atoms with Crippen molar-refractivity contribution in [3.05, 3.63) is 0 Å². The molecule has 0 rings (SSSR count). The van der Waals surface area contributed by atoms with Crippen LogP contribution in [-0.2, 0) is 14.3 Å². The van der Waals surface area contributed by atoms with Gasteiger partial charge in [0, 0.05) is 6.42 Å². The van der Waals surface area contributed by atoms with Crippen molar-refractivity contribution in [2.45, 2.75) is 26.2 Å². The smallest absolute Gasteiger partial charge is 0.377 e. The van der Waals surface area contributed by atoms with Crippen LogP contribution >= 0.6 is 0 Å². The van der Waals surface area contributed by atoms with Crippen LogP contribution in [0.2, 0.25) is 0 Å². The lowest BCUT2D eigenvalue weighted by atomic mass is 9.97. The van der Waals surface area contributed by atoms with Crippen LogP contribution in [0.5, 0.6) is 0 Å². The van der Waals surface area contributed by atoms with Gasteiger partial charge in [0.25, 0.3) is 0 Å². The Morgan fingerprint density at radius 3 is 2.23 bits per heavy atom. The number of rotatable bonds is 4. The minimum atomic E-state index is -3.72. The highest BCUT2D eigenvalue weighted by Crippen LogP contribution is 2.27. The molecule has 0 amide bonds. The van der Waals surface area contributed by atoms with Crippen molar-refractivity contribution in [1.82, 2.24) is 0 Å². The fourth-order valence-corrected chi connectivity index (χ4v) is 0.821. The molecule has 0 aliphatic carbocycles. The Morgan fingerprint density at radius 2 is 1.92 bits per heavy atom. The Bertz CT molecular complexity index is 213. The maximum Gasteiger partial charge on any atom is 0.377 e. The molecule has 0 saturated heterocycles. The van der Waals surface area contributed by atoms with Crippen molar-refractivity contribution in [3.8, 4) is 0 Å². The van der Waals surface area contributed by atoms with E-state index in [1.807, 2.05) is 0 Å². The Morgan fingerprint density at radius 1 is 1.46 bits per heavy atom. The standard InChI is InChI=1S/C8H12F2O3/c1-4-6(11)5(2)8(9,10)7(12)13-3/h5H,4H2,1-3H3. The molecule has 0 N–H and O–H groups in total. The number of Topliss-reactive ketones (excluding diaryl/α,β-unsaturated/α-hetero) is 1. The minimum absolute atomic E-state index is 0.0201. The molecule has 0 aromatic rings. The first-order valence-corrected chi connectivity index (χ1v) is 3.86. The zero-order chi connectivity index (χ0) is 10.6. The van der Waals surface area contributed by atoms with Crippen LogP contribution in [0, 0.1) is 5.92 Å². The van der Waals surface area contributed by atoms with Gasteiger partial charge in [-0.2, -0.15) is 8.78 Å². The minimum Gasteiger partial charge on any atom is -0.465 e. The van der Waals surface area contributed by atoms with Gasteiger partial charge < -0.3 is 4.74 Å². The van der Waals surface area contributed by atoms with E-state index in [-0.39, 0.29) is 6.42 Å². The van der Waals surface area contributed by atoms with Crippen LogP contribution in [0.1, 0.15) is 20.3 Å². The third-order valence-corrected chi connectivity index (χ3v) is 1.83. The zero-order valence-electron chi connectivity index (χ0n) is 7.77. The lowest BCUT2D eigenvalue weighted by Gasteiger charge is -2.19. The molecule has 0 heterocycles. The Balaban J connectivity index is 4.62. The predicted molar refractivity (Wildman–Crippen MR) is 41.4 cm³/mol. The topological polar surface area (TPSA) is 43.4 Å². The number of halogens is 2. The van der Waals surface area contributed by atoms with Crippen molar-refractivity contribution in [1.29, 1.82) is 0 Å². The maximum absolute atomic E-state index is 13.0. The van der Waals surface area contributed by atoms with Crippen molar-refractivity contribution < 1.29 is 23.1 Å². The molecule has 0 spiro atoms. The molecular formula is C8H12F2O3. The highest BCUT2D eigenvalue weighted by molar-refractivity contribution is 5.89. The largest absolute Gasteiger partial charge is 0.465 e. The van der Waals surface area contributed by atoms with Crippen LogP contribution in [0.25, 0.3) is 0 Å². The molecule has 5 heteroatoms. The van der Waals surface area contributed by atoms with Crippen LogP contribution < -0.4 is 0 Å². The summed E-state index contributed by atoms with van der Waals surface area (Å²) in [6, 6.07) is 0. The number of ketones is 1. The number of methoxy groups -OCH3 is 1. The normalized spacial score (nSPS) is 13.6. The number of alkyl halides is 2. The summed E-state index contributed by atoms with van der Waals surface area (Å²) in [7, 11) is 0.861. The molecule has 0 aromatic carbocycles. The highest BCUT2D eigenvalue weighted by Gasteiger charge is 2.48. The molecule has 3 nitrogen and oxygen atoms in total. The summed E-state index contributed by atoms with van der Waals surface area (Å²) in [6.45, 7) is 2.48. The lowest BCUT2D eigenvalue weighted by Crippen LogP contribution is -2.40. The Hall–Kier alpha value is -1.00. The van der Waals surface area contributed by atoms with Crippen molar-refractivity contribution >= 4 is 11.8 Å². The van der Waals surface area contributed by atoms with Crippen LogP contribution in [0.4, 0.5) is 8.78 Å². The number of carbonyl (C=O) groups excluding carboxylic acids is 2. The summed E-state index contributed by atoms with van der Waals surface area (Å²) < 4.78 is 29.8. The molecule has 0 aliphatic heterocycles.